The van der Waals surface area contributed by atoms with Crippen molar-refractivity contribution in [3.8, 4) is 0 Å². The zero-order valence-corrected chi connectivity index (χ0v) is 17.6. The van der Waals surface area contributed by atoms with Crippen LogP contribution in [0.5, 0.6) is 0 Å². The van der Waals surface area contributed by atoms with Gasteiger partial charge in [0.05, 0.1) is 25.9 Å². The third-order valence-corrected chi connectivity index (χ3v) is 5.14. The highest BCUT2D eigenvalue weighted by atomic mass is 16.5. The number of rotatable bonds is 11. The van der Waals surface area contributed by atoms with Crippen LogP contribution in [0.2, 0.25) is 0 Å². The fourth-order valence-corrected chi connectivity index (χ4v) is 3.61. The second-order valence-corrected chi connectivity index (χ2v) is 7.39. The molecule has 6 heteroatoms. The average molecular weight is 391 g/mol. The van der Waals surface area contributed by atoms with Crippen LogP contribution < -0.4 is 10.6 Å². The molecule has 158 valence electrons. The van der Waals surface area contributed by atoms with E-state index in [4.69, 9.17) is 4.74 Å². The van der Waals surface area contributed by atoms with Crippen LogP contribution in [0.1, 0.15) is 45.1 Å². The Morgan fingerprint density at radius 2 is 2.07 bits per heavy atom. The van der Waals surface area contributed by atoms with Gasteiger partial charge in [-0.1, -0.05) is 43.7 Å². The molecule has 0 radical (unpaired) electrons. The Hall–Kier alpha value is -1.63. The average Bonchev–Trinajstić information content (AvgIpc) is 2.73. The Morgan fingerprint density at radius 1 is 1.25 bits per heavy atom. The first-order valence-electron chi connectivity index (χ1n) is 10.8. The number of nitrogens with zero attached hydrogens (tertiary/aromatic N) is 2. The number of guanidine groups is 1. The molecular formula is C22H38N4O2. The lowest BCUT2D eigenvalue weighted by molar-refractivity contribution is 0.0331. The predicted octanol–water partition coefficient (Wildman–Crippen LogP) is 2.38. The fraction of sp³-hybridized carbons (Fsp3) is 0.682. The number of aliphatic imine (C=N–C) groups is 1. The topological polar surface area (TPSA) is 69.1 Å². The molecule has 0 amide bonds. The van der Waals surface area contributed by atoms with Crippen molar-refractivity contribution in [3.05, 3.63) is 35.9 Å². The molecule has 0 bridgehead atoms. The number of hydrogen-bond donors (Lipinski definition) is 3. The van der Waals surface area contributed by atoms with E-state index < -0.39 is 6.10 Å². The highest BCUT2D eigenvalue weighted by Crippen LogP contribution is 2.18. The summed E-state index contributed by atoms with van der Waals surface area (Å²) in [6.07, 6.45) is 4.60. The molecule has 1 saturated heterocycles. The third-order valence-electron chi connectivity index (χ3n) is 5.14. The molecule has 3 N–H and O–H groups in total. The molecule has 1 aliphatic rings. The number of piperidine rings is 1. The molecule has 0 aromatic heterocycles. The molecule has 2 atom stereocenters. The first-order valence-corrected chi connectivity index (χ1v) is 10.8. The molecule has 1 aliphatic heterocycles. The summed E-state index contributed by atoms with van der Waals surface area (Å²) in [6.45, 7) is 9.34. The van der Waals surface area contributed by atoms with E-state index in [9.17, 15) is 5.11 Å². The molecule has 1 aromatic carbocycles. The number of likely N-dealkylation sites (tertiary alicyclic amines) is 1. The molecule has 0 saturated carbocycles. The first-order chi connectivity index (χ1) is 13.7. The number of hydrogen-bond acceptors (Lipinski definition) is 4. The fourth-order valence-electron chi connectivity index (χ4n) is 3.61. The van der Waals surface area contributed by atoms with Crippen LogP contribution >= 0.6 is 0 Å². The van der Waals surface area contributed by atoms with E-state index in [1.165, 1.54) is 32.2 Å². The number of aliphatic hydroxyl groups excluding tert-OH is 1. The second kappa shape index (κ2) is 13.5. The van der Waals surface area contributed by atoms with Crippen molar-refractivity contribution >= 4 is 5.96 Å². The Kier molecular flexibility index (Phi) is 10.9. The van der Waals surface area contributed by atoms with Crippen molar-refractivity contribution in [3.63, 3.8) is 0 Å². The summed E-state index contributed by atoms with van der Waals surface area (Å²) < 4.78 is 5.59. The van der Waals surface area contributed by atoms with Crippen LogP contribution in [0, 0.1) is 0 Å². The Bertz CT molecular complexity index is 553. The summed E-state index contributed by atoms with van der Waals surface area (Å²) in [5.74, 6) is 0.759. The standard InChI is InChI=1S/C22H38N4O2/c1-3-20-12-8-9-14-26(20)15-13-24-22(23-4-2)25-16-21(27)18-28-17-19-10-6-5-7-11-19/h5-7,10-11,20-21,27H,3-4,8-9,12-18H2,1-2H3,(H2,23,24,25). The van der Waals surface area contributed by atoms with Crippen molar-refractivity contribution < 1.29 is 9.84 Å². The molecule has 0 aliphatic carbocycles. The minimum absolute atomic E-state index is 0.282. The van der Waals surface area contributed by atoms with Crippen molar-refractivity contribution in [1.29, 1.82) is 0 Å². The van der Waals surface area contributed by atoms with Crippen molar-refractivity contribution in [2.45, 2.75) is 58.3 Å². The lowest BCUT2D eigenvalue weighted by Gasteiger charge is -2.35. The minimum atomic E-state index is -0.606. The summed E-state index contributed by atoms with van der Waals surface area (Å²) in [6, 6.07) is 10.7. The van der Waals surface area contributed by atoms with Gasteiger partial charge in [0, 0.05) is 25.7 Å². The SMILES string of the molecule is CCNC(=NCC(O)COCc1ccccc1)NCCN1CCCCC1CC. The first kappa shape index (κ1) is 22.7. The predicted molar refractivity (Wildman–Crippen MR) is 116 cm³/mol. The summed E-state index contributed by atoms with van der Waals surface area (Å²) in [5, 5.41) is 16.8. The smallest absolute Gasteiger partial charge is 0.191 e. The minimum Gasteiger partial charge on any atom is -0.389 e. The molecule has 1 heterocycles. The second-order valence-electron chi connectivity index (χ2n) is 7.39. The van der Waals surface area contributed by atoms with Gasteiger partial charge >= 0.3 is 0 Å². The summed E-state index contributed by atoms with van der Waals surface area (Å²) in [7, 11) is 0. The summed E-state index contributed by atoms with van der Waals surface area (Å²) >= 11 is 0. The van der Waals surface area contributed by atoms with Gasteiger partial charge < -0.3 is 20.5 Å². The number of aliphatic hydroxyl groups is 1. The zero-order chi connectivity index (χ0) is 20.0. The van der Waals surface area contributed by atoms with Crippen LogP contribution in [0.25, 0.3) is 0 Å². The molecular weight excluding hydrogens is 352 g/mol. The van der Waals surface area contributed by atoms with Crippen LogP contribution in [-0.2, 0) is 11.3 Å². The van der Waals surface area contributed by atoms with Gasteiger partial charge in [0.15, 0.2) is 5.96 Å². The Morgan fingerprint density at radius 3 is 2.82 bits per heavy atom. The molecule has 1 aromatic rings. The maximum Gasteiger partial charge on any atom is 0.191 e. The van der Waals surface area contributed by atoms with E-state index in [0.717, 1.165) is 37.2 Å². The van der Waals surface area contributed by atoms with Crippen LogP contribution in [0.3, 0.4) is 0 Å². The van der Waals surface area contributed by atoms with Gasteiger partial charge in [-0.2, -0.15) is 0 Å². The highest BCUT2D eigenvalue weighted by Gasteiger charge is 2.19. The monoisotopic (exact) mass is 390 g/mol. The molecule has 2 rings (SSSR count). The number of nitrogens with one attached hydrogen (secondary N) is 2. The van der Waals surface area contributed by atoms with E-state index in [0.29, 0.717) is 13.2 Å². The van der Waals surface area contributed by atoms with E-state index in [2.05, 4.69) is 27.4 Å². The normalized spacial score (nSPS) is 19.4. The maximum atomic E-state index is 10.1. The van der Waals surface area contributed by atoms with Gasteiger partial charge in [0.2, 0.25) is 0 Å². The highest BCUT2D eigenvalue weighted by molar-refractivity contribution is 5.79. The maximum absolute atomic E-state index is 10.1. The van der Waals surface area contributed by atoms with Gasteiger partial charge in [-0.25, -0.2) is 0 Å². The van der Waals surface area contributed by atoms with Crippen LogP contribution in [-0.4, -0.2) is 67.4 Å². The molecule has 0 spiro atoms. The van der Waals surface area contributed by atoms with Crippen LogP contribution in [0.15, 0.2) is 35.3 Å². The van der Waals surface area contributed by atoms with E-state index in [-0.39, 0.29) is 6.61 Å². The van der Waals surface area contributed by atoms with E-state index >= 15 is 0 Å². The van der Waals surface area contributed by atoms with Gasteiger partial charge in [-0.05, 0) is 38.3 Å². The quantitative estimate of drug-likeness (QED) is 0.400. The lowest BCUT2D eigenvalue weighted by atomic mass is 10.0. The lowest BCUT2D eigenvalue weighted by Crippen LogP contribution is -2.46. The molecule has 6 nitrogen and oxygen atoms in total. The Labute approximate surface area is 170 Å². The van der Waals surface area contributed by atoms with E-state index in [1.807, 2.05) is 37.3 Å². The molecule has 2 unspecified atom stereocenters. The van der Waals surface area contributed by atoms with Gasteiger partial charge in [0.25, 0.3) is 0 Å². The Balaban J connectivity index is 1.68. The van der Waals surface area contributed by atoms with Gasteiger partial charge in [-0.3, -0.25) is 9.89 Å². The largest absolute Gasteiger partial charge is 0.389 e. The number of ether oxygens (including phenoxy) is 1. The molecule has 1 fully saturated rings. The van der Waals surface area contributed by atoms with Gasteiger partial charge in [0.1, 0.15) is 0 Å². The van der Waals surface area contributed by atoms with Gasteiger partial charge in [-0.15, -0.1) is 0 Å². The third kappa shape index (κ3) is 8.59. The molecule has 28 heavy (non-hydrogen) atoms. The summed E-state index contributed by atoms with van der Waals surface area (Å²) in [5.41, 5.74) is 1.11. The van der Waals surface area contributed by atoms with Crippen molar-refractivity contribution in [1.82, 2.24) is 15.5 Å². The van der Waals surface area contributed by atoms with Crippen LogP contribution in [0.4, 0.5) is 0 Å². The number of benzene rings is 1. The van der Waals surface area contributed by atoms with Crippen molar-refractivity contribution in [2.24, 2.45) is 4.99 Å². The van der Waals surface area contributed by atoms with Crippen molar-refractivity contribution in [2.75, 3.05) is 39.3 Å². The summed E-state index contributed by atoms with van der Waals surface area (Å²) in [4.78, 5) is 7.10. The zero-order valence-electron chi connectivity index (χ0n) is 17.6. The van der Waals surface area contributed by atoms with E-state index in [1.54, 1.807) is 0 Å².